The lowest BCUT2D eigenvalue weighted by Crippen LogP contribution is -2.06. The van der Waals surface area contributed by atoms with E-state index in [0.29, 0.717) is 5.39 Å². The van der Waals surface area contributed by atoms with Crippen LogP contribution in [-0.2, 0) is 20.2 Å². The van der Waals surface area contributed by atoms with Gasteiger partial charge in [-0.3, -0.25) is 9.11 Å². The van der Waals surface area contributed by atoms with Gasteiger partial charge in [-0.25, -0.2) is 4.79 Å². The highest BCUT2D eigenvalue weighted by Gasteiger charge is 2.24. The Morgan fingerprint density at radius 1 is 0.867 bits per heavy atom. The molecule has 0 aliphatic rings. The summed E-state index contributed by atoms with van der Waals surface area (Å²) in [5.74, 6) is -0.334. The summed E-state index contributed by atoms with van der Waals surface area (Å²) < 4.78 is 71.7. The SMILES string of the molecule is [N-]=[N+]=NC(=O)Oc1cc(S(=O)(=O)O)c2ccc3c(S(=O)(=O)O)ccc4ccc1c2c43. The second kappa shape index (κ2) is 6.52. The molecule has 0 aliphatic heterocycles. The topological polar surface area (TPSA) is 184 Å². The van der Waals surface area contributed by atoms with Gasteiger partial charge in [-0.05, 0) is 28.4 Å². The van der Waals surface area contributed by atoms with E-state index >= 15 is 0 Å². The van der Waals surface area contributed by atoms with Crippen LogP contribution < -0.4 is 4.74 Å². The number of rotatable bonds is 3. The van der Waals surface area contributed by atoms with Crippen molar-refractivity contribution in [3.63, 3.8) is 0 Å². The summed E-state index contributed by atoms with van der Waals surface area (Å²) in [5, 5.41) is 3.98. The number of hydrogen-bond donors (Lipinski definition) is 2. The van der Waals surface area contributed by atoms with Crippen LogP contribution in [0.4, 0.5) is 4.79 Å². The van der Waals surface area contributed by atoms with Gasteiger partial charge >= 0.3 is 6.09 Å². The normalized spacial score (nSPS) is 12.3. The van der Waals surface area contributed by atoms with Crippen molar-refractivity contribution in [1.29, 1.82) is 0 Å². The van der Waals surface area contributed by atoms with Gasteiger partial charge in [-0.15, -0.1) is 0 Å². The van der Waals surface area contributed by atoms with E-state index in [0.717, 1.165) is 6.07 Å². The predicted octanol–water partition coefficient (Wildman–Crippen LogP) is 3.89. The molecule has 0 spiro atoms. The van der Waals surface area contributed by atoms with Crippen molar-refractivity contribution in [2.24, 2.45) is 5.11 Å². The van der Waals surface area contributed by atoms with Crippen LogP contribution in [0, 0.1) is 0 Å². The number of hydrogen-bond acceptors (Lipinski definition) is 6. The average molecular weight is 447 g/mol. The fourth-order valence-electron chi connectivity index (χ4n) is 3.48. The molecule has 0 saturated carbocycles. The summed E-state index contributed by atoms with van der Waals surface area (Å²) >= 11 is 0. The first-order valence-corrected chi connectivity index (χ1v) is 10.9. The van der Waals surface area contributed by atoms with Crippen LogP contribution >= 0.6 is 0 Å². The second-order valence-corrected chi connectivity index (χ2v) is 8.97. The minimum atomic E-state index is -4.80. The van der Waals surface area contributed by atoms with Crippen molar-refractivity contribution in [3.05, 3.63) is 52.9 Å². The number of carbonyl (C=O) groups is 1. The molecule has 13 heteroatoms. The van der Waals surface area contributed by atoms with Crippen molar-refractivity contribution in [2.75, 3.05) is 0 Å². The van der Waals surface area contributed by atoms with Gasteiger partial charge in [-0.2, -0.15) is 16.8 Å². The van der Waals surface area contributed by atoms with E-state index in [1.54, 1.807) is 6.07 Å². The fraction of sp³-hybridized carbons (Fsp3) is 0. The van der Waals surface area contributed by atoms with Gasteiger partial charge in [0.2, 0.25) is 0 Å². The molecule has 11 nitrogen and oxygen atoms in total. The van der Waals surface area contributed by atoms with E-state index in [1.165, 1.54) is 30.3 Å². The zero-order valence-electron chi connectivity index (χ0n) is 14.5. The lowest BCUT2D eigenvalue weighted by Gasteiger charge is -2.16. The Kier molecular flexibility index (Phi) is 4.31. The number of azide groups is 1. The molecule has 0 heterocycles. The molecule has 0 saturated heterocycles. The summed E-state index contributed by atoms with van der Waals surface area (Å²) in [5.41, 5.74) is 8.38. The van der Waals surface area contributed by atoms with Gasteiger partial charge in [0.25, 0.3) is 20.2 Å². The third-order valence-corrected chi connectivity index (χ3v) is 6.35. The minimum absolute atomic E-state index is 0.0293. The zero-order chi connectivity index (χ0) is 21.8. The smallest absolute Gasteiger partial charge is 0.402 e. The summed E-state index contributed by atoms with van der Waals surface area (Å²) in [6.45, 7) is 0. The van der Waals surface area contributed by atoms with Crippen molar-refractivity contribution >= 4 is 58.6 Å². The highest BCUT2D eigenvalue weighted by atomic mass is 32.2. The largest absolute Gasteiger partial charge is 0.421 e. The number of benzene rings is 4. The number of carbonyl (C=O) groups excluding carboxylic acids is 1. The van der Waals surface area contributed by atoms with Crippen LogP contribution in [0.3, 0.4) is 0 Å². The van der Waals surface area contributed by atoms with Crippen LogP contribution in [0.5, 0.6) is 5.75 Å². The molecule has 0 aliphatic carbocycles. The van der Waals surface area contributed by atoms with Gasteiger partial charge in [0.05, 0.1) is 0 Å². The van der Waals surface area contributed by atoms with Crippen LogP contribution in [0.15, 0.2) is 57.4 Å². The van der Waals surface area contributed by atoms with Crippen LogP contribution in [-0.4, -0.2) is 32.0 Å². The van der Waals surface area contributed by atoms with Gasteiger partial charge in [0.15, 0.2) is 0 Å². The molecule has 0 aromatic heterocycles. The van der Waals surface area contributed by atoms with Gasteiger partial charge in [0.1, 0.15) is 15.5 Å². The molecule has 0 unspecified atom stereocenters. The Bertz CT molecular complexity index is 1640. The van der Waals surface area contributed by atoms with Gasteiger partial charge < -0.3 is 4.74 Å². The molecule has 4 aromatic carbocycles. The first-order chi connectivity index (χ1) is 14.0. The molecular weight excluding hydrogens is 438 g/mol. The van der Waals surface area contributed by atoms with Crippen molar-refractivity contribution < 1.29 is 35.5 Å². The maximum absolute atomic E-state index is 12.0. The lowest BCUT2D eigenvalue weighted by atomic mass is 9.94. The molecule has 0 radical (unpaired) electrons. The Morgan fingerprint density at radius 2 is 1.43 bits per heavy atom. The molecule has 2 N–H and O–H groups in total. The van der Waals surface area contributed by atoms with E-state index in [-0.39, 0.29) is 32.7 Å². The lowest BCUT2D eigenvalue weighted by molar-refractivity contribution is 0.211. The standard InChI is InChI=1S/C17H9N3O8S2/c18-20-19-17(21)28-12-7-14(30(25,26)27)11-5-4-10-13(29(22,23)24)6-2-8-1-3-9(12)16(11)15(8)10/h1-7H,(H,22,23,24)(H,25,26,27). The molecule has 1 amide bonds. The molecule has 0 fully saturated rings. The third kappa shape index (κ3) is 3.07. The summed E-state index contributed by atoms with van der Waals surface area (Å²) in [6, 6.07) is 9.12. The maximum Gasteiger partial charge on any atom is 0.402 e. The highest BCUT2D eigenvalue weighted by Crippen LogP contribution is 2.43. The maximum atomic E-state index is 12.0. The highest BCUT2D eigenvalue weighted by molar-refractivity contribution is 7.86. The predicted molar refractivity (Wildman–Crippen MR) is 105 cm³/mol. The van der Waals surface area contributed by atoms with Crippen molar-refractivity contribution in [1.82, 2.24) is 0 Å². The molecule has 4 aromatic rings. The zero-order valence-corrected chi connectivity index (χ0v) is 16.2. The quantitative estimate of drug-likeness (QED) is 0.156. The van der Waals surface area contributed by atoms with Gasteiger partial charge in [0, 0.05) is 37.6 Å². The third-order valence-electron chi connectivity index (χ3n) is 4.55. The first kappa shape index (κ1) is 19.8. The molecular formula is C17H9N3O8S2. The second-order valence-electron chi connectivity index (χ2n) is 6.19. The molecule has 152 valence electrons. The average Bonchev–Trinajstić information content (AvgIpc) is 2.65. The summed E-state index contributed by atoms with van der Waals surface area (Å²) in [6.07, 6.45) is -1.37. The monoisotopic (exact) mass is 447 g/mol. The van der Waals surface area contributed by atoms with Gasteiger partial charge in [-0.1, -0.05) is 24.3 Å². The van der Waals surface area contributed by atoms with Crippen LogP contribution in [0.25, 0.3) is 42.8 Å². The first-order valence-electron chi connectivity index (χ1n) is 7.99. The minimum Gasteiger partial charge on any atom is -0.421 e. The number of nitrogens with zero attached hydrogens (tertiary/aromatic N) is 3. The molecule has 4 rings (SSSR count). The number of ether oxygens (including phenoxy) is 1. The van der Waals surface area contributed by atoms with E-state index in [4.69, 9.17) is 10.3 Å². The molecule has 30 heavy (non-hydrogen) atoms. The Balaban J connectivity index is 2.26. The van der Waals surface area contributed by atoms with E-state index in [2.05, 4.69) is 10.0 Å². The van der Waals surface area contributed by atoms with E-state index in [9.17, 15) is 30.7 Å². The van der Waals surface area contributed by atoms with E-state index < -0.39 is 36.1 Å². The molecule has 0 atom stereocenters. The Morgan fingerprint density at radius 3 is 2.03 bits per heavy atom. The van der Waals surface area contributed by atoms with E-state index in [1.807, 2.05) is 0 Å². The summed E-state index contributed by atoms with van der Waals surface area (Å²) in [4.78, 5) is 12.9. The Hall–Kier alpha value is -3.48. The molecule has 0 bridgehead atoms. The Labute approximate surface area is 167 Å². The number of amides is 1. The van der Waals surface area contributed by atoms with Crippen LogP contribution in [0.1, 0.15) is 0 Å². The fourth-order valence-corrected chi connectivity index (χ4v) is 4.87. The van der Waals surface area contributed by atoms with Crippen LogP contribution in [0.2, 0.25) is 0 Å². The summed E-state index contributed by atoms with van der Waals surface area (Å²) in [7, 11) is -9.41. The van der Waals surface area contributed by atoms with Crippen molar-refractivity contribution in [2.45, 2.75) is 9.79 Å². The van der Waals surface area contributed by atoms with Crippen molar-refractivity contribution in [3.8, 4) is 5.75 Å².